The predicted octanol–water partition coefficient (Wildman–Crippen LogP) is 4.12. The van der Waals surface area contributed by atoms with E-state index in [1.807, 2.05) is 71.1 Å². The molecule has 2 heterocycles. The molecule has 1 aliphatic heterocycles. The van der Waals surface area contributed by atoms with Gasteiger partial charge in [0, 0.05) is 46.5 Å². The molecule has 44 heavy (non-hydrogen) atoms. The van der Waals surface area contributed by atoms with Crippen molar-refractivity contribution in [3.8, 4) is 0 Å². The minimum Gasteiger partial charge on any atom is -0.361 e. The highest BCUT2D eigenvalue weighted by atomic mass is 33.1. The van der Waals surface area contributed by atoms with Gasteiger partial charge in [-0.3, -0.25) is 20.2 Å². The summed E-state index contributed by atoms with van der Waals surface area (Å²) < 4.78 is 0. The molecule has 9 nitrogen and oxygen atoms in total. The molecule has 2 unspecified atom stereocenters. The van der Waals surface area contributed by atoms with Gasteiger partial charge in [0.15, 0.2) is 5.78 Å². The lowest BCUT2D eigenvalue weighted by Gasteiger charge is -2.27. The van der Waals surface area contributed by atoms with Crippen molar-refractivity contribution in [3.63, 3.8) is 0 Å². The van der Waals surface area contributed by atoms with Crippen LogP contribution in [-0.4, -0.2) is 58.5 Å². The number of fused-ring (bicyclic) bond motifs is 2. The Morgan fingerprint density at radius 2 is 1.80 bits per heavy atom. The van der Waals surface area contributed by atoms with E-state index in [9.17, 15) is 19.2 Å². The second-order valence-corrected chi connectivity index (χ2v) is 14.6. The zero-order chi connectivity index (χ0) is 32.0. The first-order valence-electron chi connectivity index (χ1n) is 15.0. The van der Waals surface area contributed by atoms with Gasteiger partial charge < -0.3 is 20.4 Å². The van der Waals surface area contributed by atoms with Crippen molar-refractivity contribution >= 4 is 56.4 Å². The summed E-state index contributed by atoms with van der Waals surface area (Å²) in [4.78, 5) is 56.7. The number of carbonyl (C=O) groups is 4. The number of nitrogens with one attached hydrogen (secondary N) is 4. The molecule has 0 saturated heterocycles. The minimum absolute atomic E-state index is 0.188. The van der Waals surface area contributed by atoms with E-state index in [1.54, 1.807) is 0 Å². The summed E-state index contributed by atoms with van der Waals surface area (Å²) in [6.07, 6.45) is 3.99. The number of ketones is 1. The van der Waals surface area contributed by atoms with Crippen LogP contribution in [0.2, 0.25) is 0 Å². The van der Waals surface area contributed by atoms with Gasteiger partial charge >= 0.3 is 0 Å². The van der Waals surface area contributed by atoms with E-state index in [-0.39, 0.29) is 29.9 Å². The summed E-state index contributed by atoms with van der Waals surface area (Å²) in [5, 5.41) is 6.88. The third-order valence-electron chi connectivity index (χ3n) is 8.35. The number of aromatic amines is 1. The first-order chi connectivity index (χ1) is 21.0. The Morgan fingerprint density at radius 3 is 2.50 bits per heavy atom. The van der Waals surface area contributed by atoms with E-state index >= 15 is 0 Å². The number of hydrogen-bond acceptors (Lipinski definition) is 8. The lowest BCUT2D eigenvalue weighted by atomic mass is 9.86. The van der Waals surface area contributed by atoms with E-state index in [4.69, 9.17) is 5.84 Å². The van der Waals surface area contributed by atoms with Crippen LogP contribution in [-0.2, 0) is 27.2 Å². The van der Waals surface area contributed by atoms with Crippen molar-refractivity contribution in [3.05, 3.63) is 69.9 Å². The Balaban J connectivity index is 1.67. The van der Waals surface area contributed by atoms with Crippen LogP contribution in [0.25, 0.3) is 10.9 Å². The topological polar surface area (TPSA) is 146 Å². The van der Waals surface area contributed by atoms with Crippen LogP contribution in [0.1, 0.15) is 58.4 Å². The molecule has 0 fully saturated rings. The minimum atomic E-state index is -0.953. The molecule has 0 radical (unpaired) electrons. The van der Waals surface area contributed by atoms with E-state index in [1.165, 1.54) is 21.6 Å². The molecule has 1 aromatic heterocycles. The zero-order valence-electron chi connectivity index (χ0n) is 26.0. The number of rotatable bonds is 10. The maximum absolute atomic E-state index is 14.2. The molecule has 0 saturated carbocycles. The lowest BCUT2D eigenvalue weighted by Crippen LogP contribution is -2.57. The van der Waals surface area contributed by atoms with Gasteiger partial charge in [-0.05, 0) is 73.4 Å². The monoisotopic (exact) mass is 637 g/mol. The predicted molar refractivity (Wildman–Crippen MR) is 180 cm³/mol. The van der Waals surface area contributed by atoms with Crippen molar-refractivity contribution in [2.45, 2.75) is 72.0 Å². The molecule has 3 aromatic rings. The summed E-state index contributed by atoms with van der Waals surface area (Å²) >= 11 is 0. The first kappa shape index (κ1) is 33.8. The molecule has 2 amide bonds. The summed E-state index contributed by atoms with van der Waals surface area (Å²) in [6, 6.07) is 7.32. The Kier molecular flexibility index (Phi) is 11.7. The van der Waals surface area contributed by atoms with Gasteiger partial charge in [-0.1, -0.05) is 59.7 Å². The number of benzene rings is 2. The molecular formula is C33H43N5O4S2. The van der Waals surface area contributed by atoms with Crippen LogP contribution in [0.15, 0.2) is 36.5 Å². The molecule has 2 aromatic carbocycles. The van der Waals surface area contributed by atoms with Gasteiger partial charge in [-0.2, -0.15) is 0 Å². The smallest absolute Gasteiger partial charge is 0.243 e. The van der Waals surface area contributed by atoms with E-state index in [0.717, 1.165) is 45.0 Å². The zero-order valence-corrected chi connectivity index (χ0v) is 27.6. The quantitative estimate of drug-likeness (QED) is 0.0966. The Labute approximate surface area is 267 Å². The lowest BCUT2D eigenvalue weighted by molar-refractivity contribution is -0.130. The number of nitrogens with two attached hydrogens (primary N) is 1. The summed E-state index contributed by atoms with van der Waals surface area (Å²) in [5.74, 6) is 5.63. The average Bonchev–Trinajstić information content (AvgIpc) is 3.41. The van der Waals surface area contributed by atoms with Crippen LogP contribution in [0, 0.1) is 32.6 Å². The maximum atomic E-state index is 14.2. The number of hydrogen-bond donors (Lipinski definition) is 5. The van der Waals surface area contributed by atoms with E-state index in [2.05, 4.69) is 21.0 Å². The van der Waals surface area contributed by atoms with Crippen molar-refractivity contribution in [2.24, 2.45) is 17.7 Å². The Morgan fingerprint density at radius 1 is 1.07 bits per heavy atom. The van der Waals surface area contributed by atoms with Crippen LogP contribution in [0.3, 0.4) is 0 Å². The van der Waals surface area contributed by atoms with Crippen molar-refractivity contribution in [2.75, 3.05) is 11.5 Å². The fourth-order valence-corrected chi connectivity index (χ4v) is 8.15. The normalized spacial score (nSPS) is 18.8. The number of H-pyrrole nitrogens is 1. The number of hydrazine groups is 1. The Hall–Kier alpha value is -3.12. The SMILES string of the molecule is Cc1cc2c(c(C)c1C)C(=O)C(NC(=O)[C@H](Cc1c[nH]c3ccccc13)NC(=O)[C@H](CC(C)C)NN)CSSCC(C=O)C2. The molecule has 1 aliphatic rings. The third-order valence-corrected chi connectivity index (χ3v) is 10.9. The highest BCUT2D eigenvalue weighted by molar-refractivity contribution is 8.76. The number of amides is 2. The second-order valence-electron chi connectivity index (χ2n) is 12.0. The third kappa shape index (κ3) is 7.93. The van der Waals surface area contributed by atoms with E-state index in [0.29, 0.717) is 29.9 Å². The maximum Gasteiger partial charge on any atom is 0.243 e. The number of aromatic nitrogens is 1. The van der Waals surface area contributed by atoms with E-state index < -0.39 is 24.0 Å². The number of aryl methyl sites for hydroxylation is 1. The molecule has 6 N–H and O–H groups in total. The molecule has 11 heteroatoms. The Bertz CT molecular complexity index is 1520. The van der Waals surface area contributed by atoms with Gasteiger partial charge in [-0.25, -0.2) is 5.43 Å². The van der Waals surface area contributed by atoms with Crippen molar-refractivity contribution in [1.29, 1.82) is 0 Å². The highest BCUT2D eigenvalue weighted by Gasteiger charge is 2.33. The van der Waals surface area contributed by atoms with Crippen LogP contribution in [0.5, 0.6) is 0 Å². The van der Waals surface area contributed by atoms with Gasteiger partial charge in [0.25, 0.3) is 0 Å². The van der Waals surface area contributed by atoms with Gasteiger partial charge in [0.05, 0.1) is 6.04 Å². The number of para-hydroxylation sites is 1. The molecule has 4 rings (SSSR count). The summed E-state index contributed by atoms with van der Waals surface area (Å²) in [5.41, 5.74) is 8.71. The molecule has 0 aliphatic carbocycles. The molecule has 236 valence electrons. The van der Waals surface area contributed by atoms with Crippen molar-refractivity contribution < 1.29 is 19.2 Å². The van der Waals surface area contributed by atoms with Crippen LogP contribution in [0.4, 0.5) is 0 Å². The second kappa shape index (κ2) is 15.2. The fraction of sp³-hybridized carbons (Fsp3) is 0.455. The number of aldehydes is 1. The largest absolute Gasteiger partial charge is 0.361 e. The standard InChI is InChI=1S/C33H43N5O4S2/c1-18(2)10-28(38-34)33(42)36-27(13-24-14-35-26-9-7-6-8-25(24)26)32(41)37-29-17-44-43-16-22(15-39)12-23-11-19(3)20(4)21(5)30(23)31(29)40/h6-9,11,14-15,18,22,27-29,35,38H,10,12-13,16-17,34H2,1-5H3,(H,36,42)(H,37,41)/t22?,27-,28-,29?/m0/s1. The molecule has 0 spiro atoms. The fourth-order valence-electron chi connectivity index (χ4n) is 5.70. The molecular weight excluding hydrogens is 595 g/mol. The average molecular weight is 638 g/mol. The summed E-state index contributed by atoms with van der Waals surface area (Å²) in [6.45, 7) is 9.91. The van der Waals surface area contributed by atoms with Crippen molar-refractivity contribution in [1.82, 2.24) is 21.0 Å². The molecule has 0 bridgehead atoms. The highest BCUT2D eigenvalue weighted by Crippen LogP contribution is 2.32. The first-order valence-corrected chi connectivity index (χ1v) is 17.5. The number of carbonyl (C=O) groups excluding carboxylic acids is 4. The molecule has 4 atom stereocenters. The van der Waals surface area contributed by atoms with Gasteiger partial charge in [0.1, 0.15) is 18.4 Å². The number of Topliss-reactive ketones (excluding diaryl/α,β-unsaturated/α-hetero) is 1. The van der Waals surface area contributed by atoms with Gasteiger partial charge in [-0.15, -0.1) is 0 Å². The van der Waals surface area contributed by atoms with Crippen LogP contribution >= 0.6 is 21.6 Å². The van der Waals surface area contributed by atoms with Crippen LogP contribution < -0.4 is 21.9 Å². The van der Waals surface area contributed by atoms with Gasteiger partial charge in [0.2, 0.25) is 11.8 Å². The summed E-state index contributed by atoms with van der Waals surface area (Å²) in [7, 11) is 2.99.